The maximum atomic E-state index is 13.6. The number of nitrogens with zero attached hydrogens (tertiary/aromatic N) is 2. The molecule has 0 aromatic heterocycles. The van der Waals surface area contributed by atoms with E-state index in [1.54, 1.807) is 11.0 Å². The van der Waals surface area contributed by atoms with E-state index in [-0.39, 0.29) is 23.6 Å². The molecular weight excluding hydrogens is 565 g/mol. The molecule has 9 heteroatoms. The first-order valence-corrected chi connectivity index (χ1v) is 17.0. The summed E-state index contributed by atoms with van der Waals surface area (Å²) in [4.78, 5) is 42.8. The van der Waals surface area contributed by atoms with E-state index in [0.29, 0.717) is 19.6 Å². The number of carboxylic acid groups (broad SMARTS) is 1. The molecule has 2 aromatic rings. The molecule has 3 atom stereocenters. The normalized spacial score (nSPS) is 24.8. The molecule has 2 saturated heterocycles. The summed E-state index contributed by atoms with van der Waals surface area (Å²) in [5.74, 6) is 0.790. The van der Waals surface area contributed by atoms with Crippen molar-refractivity contribution in [2.45, 2.75) is 109 Å². The van der Waals surface area contributed by atoms with Gasteiger partial charge in [-0.05, 0) is 113 Å². The van der Waals surface area contributed by atoms with Gasteiger partial charge in [0.2, 0.25) is 5.91 Å². The zero-order chi connectivity index (χ0) is 32.1. The Morgan fingerprint density at radius 3 is 2.47 bits per heavy atom. The van der Waals surface area contributed by atoms with Crippen LogP contribution in [0.15, 0.2) is 30.3 Å². The highest BCUT2D eigenvalue weighted by molar-refractivity contribution is 6.50. The van der Waals surface area contributed by atoms with Crippen molar-refractivity contribution in [2.75, 3.05) is 29.9 Å². The van der Waals surface area contributed by atoms with Crippen LogP contribution in [0.5, 0.6) is 0 Å². The zero-order valence-electron chi connectivity index (χ0n) is 27.6. The highest BCUT2D eigenvalue weighted by Gasteiger charge is 2.48. The lowest BCUT2D eigenvalue weighted by Gasteiger charge is -2.40. The third-order valence-corrected chi connectivity index (χ3v) is 10.8. The Labute approximate surface area is 268 Å². The molecule has 1 aliphatic carbocycles. The fourth-order valence-electron chi connectivity index (χ4n) is 8.21. The van der Waals surface area contributed by atoms with Crippen LogP contribution < -0.4 is 10.2 Å². The number of nitrogens with one attached hydrogen (secondary N) is 1. The van der Waals surface area contributed by atoms with E-state index in [0.717, 1.165) is 83.9 Å². The van der Waals surface area contributed by atoms with E-state index in [1.807, 2.05) is 33.8 Å². The first-order chi connectivity index (χ1) is 21.4. The Balaban J connectivity index is 1.27. The number of carboxylic acids is 1. The van der Waals surface area contributed by atoms with Gasteiger partial charge in [0.15, 0.2) is 0 Å². The first-order valence-electron chi connectivity index (χ1n) is 17.0. The van der Waals surface area contributed by atoms with Crippen LogP contribution in [-0.2, 0) is 14.9 Å². The third kappa shape index (κ3) is 6.19. The molecule has 3 aliphatic heterocycles. The molecule has 1 spiro atoms. The van der Waals surface area contributed by atoms with E-state index < -0.39 is 17.0 Å². The van der Waals surface area contributed by atoms with Gasteiger partial charge >= 0.3 is 12.1 Å². The highest BCUT2D eigenvalue weighted by atomic mass is 16.6. The molecule has 6 rings (SSSR count). The second-order valence-electron chi connectivity index (χ2n) is 14.8. The van der Waals surface area contributed by atoms with Crippen molar-refractivity contribution in [3.05, 3.63) is 47.0 Å². The highest BCUT2D eigenvalue weighted by Crippen LogP contribution is 2.52. The number of hydrogen-bond acceptors (Lipinski definition) is 5. The van der Waals surface area contributed by atoms with E-state index in [1.165, 1.54) is 20.0 Å². The quantitative estimate of drug-likeness (QED) is 0.340. The second-order valence-corrected chi connectivity index (χ2v) is 14.8. The van der Waals surface area contributed by atoms with Crippen LogP contribution in [0.25, 0.3) is 11.1 Å². The molecule has 8 nitrogen and oxygen atoms in total. The lowest BCUT2D eigenvalue weighted by molar-refractivity contribution is -0.121. The molecule has 45 heavy (non-hydrogen) atoms. The van der Waals surface area contributed by atoms with Crippen LogP contribution in [0.3, 0.4) is 0 Å². The molecule has 2 N–H and O–H groups in total. The van der Waals surface area contributed by atoms with Gasteiger partial charge in [0, 0.05) is 37.1 Å². The topological polar surface area (TPSA) is 99.2 Å². The number of rotatable bonds is 6. The number of fused-ring (bicyclic) bond motifs is 2. The first kappa shape index (κ1) is 31.5. The van der Waals surface area contributed by atoms with Crippen LogP contribution in [0.2, 0.25) is 12.1 Å². The zero-order valence-corrected chi connectivity index (χ0v) is 27.6. The summed E-state index contributed by atoms with van der Waals surface area (Å²) in [5, 5.41) is 13.5. The number of amides is 2. The van der Waals surface area contributed by atoms with Crippen LogP contribution in [0.1, 0.15) is 94.1 Å². The Bertz CT molecular complexity index is 1490. The summed E-state index contributed by atoms with van der Waals surface area (Å²) in [5.41, 5.74) is 4.62. The predicted molar refractivity (Wildman–Crippen MR) is 180 cm³/mol. The molecule has 240 valence electrons. The molecule has 3 fully saturated rings. The number of anilines is 2. The van der Waals surface area contributed by atoms with Crippen LogP contribution >= 0.6 is 0 Å². The standard InChI is InChI=1S/C36H48BN3O5/c1-6-40(26-12-16-39(17-13-26)34(44)45-35(3,4)5)31-20-25(18-27(22(31)2)32(41)42)24-9-10-28-30(19-24)38-33(43)36(28)14-7-8-23(11-15-36)29-21-37-29/h9-10,18-20,23,26,29,37H,6-8,11-17,21H2,1-5H3,(H,38,43)(H,41,42). The molecular formula is C36H48BN3O5. The Kier molecular flexibility index (Phi) is 8.42. The Morgan fingerprint density at radius 2 is 1.82 bits per heavy atom. The second kappa shape index (κ2) is 12.0. The molecule has 0 bridgehead atoms. The van der Waals surface area contributed by atoms with Gasteiger partial charge in [0.05, 0.1) is 11.0 Å². The van der Waals surface area contributed by atoms with Gasteiger partial charge in [-0.2, -0.15) is 0 Å². The summed E-state index contributed by atoms with van der Waals surface area (Å²) < 4.78 is 5.59. The SMILES string of the molecule is CCN(c1cc(-c2ccc3c(c2)NC(=O)C32CCCC(C3BC3)CC2)cc(C(=O)O)c1C)C1CCN(C(=O)OC(C)(C)C)CC1. The number of likely N-dealkylation sites (tertiary alicyclic amines) is 1. The van der Waals surface area contributed by atoms with Crippen molar-refractivity contribution < 1.29 is 24.2 Å². The van der Waals surface area contributed by atoms with Crippen LogP contribution in [-0.4, -0.2) is 66.5 Å². The Morgan fingerprint density at radius 1 is 1.09 bits per heavy atom. The molecule has 2 aromatic carbocycles. The number of hydrogen-bond donors (Lipinski definition) is 2. The van der Waals surface area contributed by atoms with Gasteiger partial charge in [-0.1, -0.05) is 37.1 Å². The molecule has 3 unspecified atom stereocenters. The van der Waals surface area contributed by atoms with Crippen molar-refractivity contribution in [3.63, 3.8) is 0 Å². The maximum Gasteiger partial charge on any atom is 0.410 e. The largest absolute Gasteiger partial charge is 0.478 e. The summed E-state index contributed by atoms with van der Waals surface area (Å²) in [6.07, 6.45) is 7.84. The molecule has 3 heterocycles. The van der Waals surface area contributed by atoms with Crippen molar-refractivity contribution >= 4 is 36.6 Å². The maximum absolute atomic E-state index is 13.6. The fraction of sp³-hybridized carbons (Fsp3) is 0.583. The van der Waals surface area contributed by atoms with E-state index in [9.17, 15) is 19.5 Å². The van der Waals surface area contributed by atoms with Gasteiger partial charge in [-0.3, -0.25) is 4.79 Å². The minimum Gasteiger partial charge on any atom is -0.478 e. The summed E-state index contributed by atoms with van der Waals surface area (Å²) >= 11 is 0. The van der Waals surface area contributed by atoms with E-state index in [2.05, 4.69) is 35.3 Å². The predicted octanol–water partition coefficient (Wildman–Crippen LogP) is 7.01. The number of carbonyl (C=O) groups is 3. The van der Waals surface area contributed by atoms with E-state index >= 15 is 0 Å². The summed E-state index contributed by atoms with van der Waals surface area (Å²) in [6.45, 7) is 11.5. The third-order valence-electron chi connectivity index (χ3n) is 10.8. The van der Waals surface area contributed by atoms with Gasteiger partial charge in [-0.15, -0.1) is 0 Å². The van der Waals surface area contributed by atoms with Gasteiger partial charge in [-0.25, -0.2) is 9.59 Å². The molecule has 2 amide bonds. The molecule has 0 radical (unpaired) electrons. The Hall–Kier alpha value is -3.49. The van der Waals surface area contributed by atoms with E-state index in [4.69, 9.17) is 4.74 Å². The molecule has 4 aliphatic rings. The van der Waals surface area contributed by atoms with Crippen molar-refractivity contribution in [1.29, 1.82) is 0 Å². The van der Waals surface area contributed by atoms with Crippen molar-refractivity contribution in [1.82, 2.24) is 4.90 Å². The van der Waals surface area contributed by atoms with Crippen molar-refractivity contribution in [3.8, 4) is 11.1 Å². The van der Waals surface area contributed by atoms with Gasteiger partial charge < -0.3 is 25.0 Å². The lowest BCUT2D eigenvalue weighted by atomic mass is 9.74. The smallest absolute Gasteiger partial charge is 0.410 e. The van der Waals surface area contributed by atoms with Crippen molar-refractivity contribution in [2.24, 2.45) is 5.92 Å². The monoisotopic (exact) mass is 613 g/mol. The number of ether oxygens (including phenoxy) is 1. The lowest BCUT2D eigenvalue weighted by Crippen LogP contribution is -2.48. The minimum atomic E-state index is -0.955. The van der Waals surface area contributed by atoms with Gasteiger partial charge in [0.1, 0.15) is 12.9 Å². The minimum absolute atomic E-state index is 0.122. The number of aromatic carboxylic acids is 1. The summed E-state index contributed by atoms with van der Waals surface area (Å²) in [6, 6.07) is 10.3. The fourth-order valence-corrected chi connectivity index (χ4v) is 8.21. The summed E-state index contributed by atoms with van der Waals surface area (Å²) in [7, 11) is 1.35. The van der Waals surface area contributed by atoms with Gasteiger partial charge in [0.25, 0.3) is 0 Å². The molecule has 1 saturated carbocycles. The van der Waals surface area contributed by atoms with Crippen LogP contribution in [0, 0.1) is 12.8 Å². The average molecular weight is 614 g/mol. The number of carbonyl (C=O) groups excluding carboxylic acids is 2. The average Bonchev–Trinajstić information content (AvgIpc) is 3.82. The number of benzene rings is 2. The number of piperidine rings is 1. The van der Waals surface area contributed by atoms with Crippen LogP contribution in [0.4, 0.5) is 16.2 Å².